The van der Waals surface area contributed by atoms with Crippen molar-refractivity contribution >= 4 is 11.5 Å². The molecule has 0 bridgehead atoms. The van der Waals surface area contributed by atoms with E-state index in [1.54, 1.807) is 37.4 Å². The van der Waals surface area contributed by atoms with Gasteiger partial charge < -0.3 is 10.5 Å². The summed E-state index contributed by atoms with van der Waals surface area (Å²) >= 11 is 0. The fraction of sp³-hybridized carbons (Fsp3) is 0.154. The minimum absolute atomic E-state index is 0.0533. The van der Waals surface area contributed by atoms with Crippen LogP contribution in [0.15, 0.2) is 36.5 Å². The lowest BCUT2D eigenvalue weighted by Gasteiger charge is -2.10. The monoisotopic (exact) mass is 259 g/mol. The summed E-state index contributed by atoms with van der Waals surface area (Å²) in [5.41, 5.74) is 7.04. The Bertz CT molecular complexity index is 614. The molecule has 0 fully saturated rings. The molecule has 0 atom stereocenters. The first-order chi connectivity index (χ1) is 9.09. The third kappa shape index (κ3) is 2.79. The van der Waals surface area contributed by atoms with E-state index in [1.165, 1.54) is 6.07 Å². The van der Waals surface area contributed by atoms with E-state index in [1.807, 2.05) is 0 Å². The molecule has 0 aliphatic heterocycles. The number of nitrogen functional groups attached to an aromatic ring is 1. The molecular weight excluding hydrogens is 246 g/mol. The van der Waals surface area contributed by atoms with Crippen LogP contribution in [0, 0.1) is 17.0 Å². The van der Waals surface area contributed by atoms with E-state index < -0.39 is 4.92 Å². The average Bonchev–Trinajstić information content (AvgIpc) is 2.38. The van der Waals surface area contributed by atoms with Gasteiger partial charge in [-0.2, -0.15) is 0 Å². The number of aromatic nitrogens is 1. The third-order valence-corrected chi connectivity index (χ3v) is 2.69. The zero-order valence-corrected chi connectivity index (χ0v) is 10.4. The van der Waals surface area contributed by atoms with E-state index in [0.717, 1.165) is 0 Å². The number of nitro groups is 1. The predicted octanol–water partition coefficient (Wildman–Crippen LogP) is 2.46. The molecule has 1 aromatic heterocycles. The largest absolute Gasteiger partial charge is 0.482 e. The maximum atomic E-state index is 10.9. The molecule has 98 valence electrons. The number of hydrogen-bond acceptors (Lipinski definition) is 5. The Morgan fingerprint density at radius 2 is 2.16 bits per heavy atom. The van der Waals surface area contributed by atoms with Crippen LogP contribution in [0.2, 0.25) is 0 Å². The number of nitrogens with zero attached hydrogens (tertiary/aromatic N) is 2. The van der Waals surface area contributed by atoms with Crippen LogP contribution in [0.3, 0.4) is 0 Å². The summed E-state index contributed by atoms with van der Waals surface area (Å²) in [6, 6.07) is 8.30. The molecular formula is C13H13N3O3. The van der Waals surface area contributed by atoms with Crippen molar-refractivity contribution in [2.75, 3.05) is 5.73 Å². The molecule has 6 nitrogen and oxygen atoms in total. The van der Waals surface area contributed by atoms with Gasteiger partial charge in [0.05, 0.1) is 4.92 Å². The van der Waals surface area contributed by atoms with Crippen LogP contribution in [0.25, 0.3) is 0 Å². The zero-order valence-electron chi connectivity index (χ0n) is 10.4. The lowest BCUT2D eigenvalue weighted by Crippen LogP contribution is -2.04. The van der Waals surface area contributed by atoms with Crippen molar-refractivity contribution in [1.82, 2.24) is 4.98 Å². The fourth-order valence-electron chi connectivity index (χ4n) is 1.69. The molecule has 0 amide bonds. The summed E-state index contributed by atoms with van der Waals surface area (Å²) in [6.45, 7) is 1.90. The van der Waals surface area contributed by atoms with Crippen molar-refractivity contribution in [1.29, 1.82) is 0 Å². The summed E-state index contributed by atoms with van der Waals surface area (Å²) in [4.78, 5) is 14.4. The van der Waals surface area contributed by atoms with Crippen molar-refractivity contribution in [2.24, 2.45) is 0 Å². The Kier molecular flexibility index (Phi) is 3.61. The number of para-hydroxylation sites is 1. The summed E-state index contributed by atoms with van der Waals surface area (Å²) < 4.78 is 5.53. The second-order valence-corrected chi connectivity index (χ2v) is 4.02. The van der Waals surface area contributed by atoms with Gasteiger partial charge in [-0.1, -0.05) is 18.2 Å². The van der Waals surface area contributed by atoms with Gasteiger partial charge in [-0.3, -0.25) is 10.1 Å². The smallest absolute Gasteiger partial charge is 0.311 e. The molecule has 1 heterocycles. The zero-order chi connectivity index (χ0) is 13.8. The first-order valence-electron chi connectivity index (χ1n) is 5.65. The van der Waals surface area contributed by atoms with E-state index in [0.29, 0.717) is 16.9 Å². The number of anilines is 1. The van der Waals surface area contributed by atoms with E-state index in [2.05, 4.69) is 4.98 Å². The van der Waals surface area contributed by atoms with Crippen LogP contribution in [0.5, 0.6) is 5.75 Å². The average molecular weight is 259 g/mol. The molecule has 0 spiro atoms. The summed E-state index contributed by atoms with van der Waals surface area (Å²) in [5.74, 6) is 0.620. The minimum Gasteiger partial charge on any atom is -0.482 e. The SMILES string of the molecule is Cc1cccc([N+](=O)[O-])c1OCc1cccnc1N. The molecule has 1 aromatic carbocycles. The second kappa shape index (κ2) is 5.34. The van der Waals surface area contributed by atoms with E-state index >= 15 is 0 Å². The maximum Gasteiger partial charge on any atom is 0.311 e. The van der Waals surface area contributed by atoms with Gasteiger partial charge in [-0.25, -0.2) is 4.98 Å². The van der Waals surface area contributed by atoms with Crippen LogP contribution in [0.1, 0.15) is 11.1 Å². The number of pyridine rings is 1. The van der Waals surface area contributed by atoms with E-state index in [-0.39, 0.29) is 18.0 Å². The molecule has 0 aliphatic carbocycles. The Labute approximate surface area is 110 Å². The first kappa shape index (κ1) is 12.8. The molecule has 0 saturated heterocycles. The van der Waals surface area contributed by atoms with Crippen molar-refractivity contribution in [2.45, 2.75) is 13.5 Å². The summed E-state index contributed by atoms with van der Waals surface area (Å²) in [7, 11) is 0. The standard InChI is InChI=1S/C13H13N3O3/c1-9-4-2-6-11(16(17)18)12(9)19-8-10-5-3-7-15-13(10)14/h2-7H,8H2,1H3,(H2,14,15). The van der Waals surface area contributed by atoms with Crippen LogP contribution >= 0.6 is 0 Å². The quantitative estimate of drug-likeness (QED) is 0.672. The molecule has 0 unspecified atom stereocenters. The molecule has 6 heteroatoms. The Morgan fingerprint density at radius 3 is 2.84 bits per heavy atom. The summed E-state index contributed by atoms with van der Waals surface area (Å²) in [6.07, 6.45) is 1.58. The van der Waals surface area contributed by atoms with Crippen LogP contribution in [-0.4, -0.2) is 9.91 Å². The minimum atomic E-state index is -0.463. The number of nitro benzene ring substituents is 1. The predicted molar refractivity (Wildman–Crippen MR) is 70.8 cm³/mol. The molecule has 2 rings (SSSR count). The van der Waals surface area contributed by atoms with Crippen LogP contribution in [-0.2, 0) is 6.61 Å². The van der Waals surface area contributed by atoms with Crippen LogP contribution < -0.4 is 10.5 Å². The van der Waals surface area contributed by atoms with Crippen molar-refractivity contribution in [3.05, 3.63) is 57.8 Å². The highest BCUT2D eigenvalue weighted by atomic mass is 16.6. The topological polar surface area (TPSA) is 91.3 Å². The van der Waals surface area contributed by atoms with Gasteiger partial charge in [0, 0.05) is 17.8 Å². The highest BCUT2D eigenvalue weighted by molar-refractivity contribution is 5.51. The number of rotatable bonds is 4. The molecule has 0 aliphatic rings. The second-order valence-electron chi connectivity index (χ2n) is 4.02. The van der Waals surface area contributed by atoms with Gasteiger partial charge in [-0.15, -0.1) is 0 Å². The molecule has 19 heavy (non-hydrogen) atoms. The highest BCUT2D eigenvalue weighted by Gasteiger charge is 2.17. The Morgan fingerprint density at radius 1 is 1.37 bits per heavy atom. The number of benzene rings is 1. The van der Waals surface area contributed by atoms with Gasteiger partial charge in [0.15, 0.2) is 5.75 Å². The van der Waals surface area contributed by atoms with Gasteiger partial charge in [0.1, 0.15) is 12.4 Å². The van der Waals surface area contributed by atoms with Crippen molar-refractivity contribution in [3.8, 4) is 5.75 Å². The third-order valence-electron chi connectivity index (χ3n) is 2.69. The number of hydrogen-bond donors (Lipinski definition) is 1. The molecule has 2 aromatic rings. The van der Waals surface area contributed by atoms with Crippen molar-refractivity contribution < 1.29 is 9.66 Å². The van der Waals surface area contributed by atoms with Gasteiger partial charge in [0.2, 0.25) is 0 Å². The van der Waals surface area contributed by atoms with Crippen LogP contribution in [0.4, 0.5) is 11.5 Å². The molecule has 0 saturated carbocycles. The first-order valence-corrected chi connectivity index (χ1v) is 5.65. The van der Waals surface area contributed by atoms with Crippen molar-refractivity contribution in [3.63, 3.8) is 0 Å². The molecule has 0 radical (unpaired) electrons. The summed E-state index contributed by atoms with van der Waals surface area (Å²) in [5, 5.41) is 10.9. The fourth-order valence-corrected chi connectivity index (χ4v) is 1.69. The van der Waals surface area contributed by atoms with Gasteiger partial charge in [0.25, 0.3) is 0 Å². The van der Waals surface area contributed by atoms with Gasteiger partial charge >= 0.3 is 5.69 Å². The molecule has 2 N–H and O–H groups in total. The Hall–Kier alpha value is -2.63. The maximum absolute atomic E-state index is 10.9. The number of nitrogens with two attached hydrogens (primary N) is 1. The van der Waals surface area contributed by atoms with E-state index in [4.69, 9.17) is 10.5 Å². The lowest BCUT2D eigenvalue weighted by molar-refractivity contribution is -0.386. The normalized spacial score (nSPS) is 10.2. The van der Waals surface area contributed by atoms with Gasteiger partial charge in [-0.05, 0) is 18.6 Å². The van der Waals surface area contributed by atoms with E-state index in [9.17, 15) is 10.1 Å². The highest BCUT2D eigenvalue weighted by Crippen LogP contribution is 2.31. The lowest BCUT2D eigenvalue weighted by atomic mass is 10.2. The number of ether oxygens (including phenoxy) is 1. The number of aryl methyl sites for hydroxylation is 1. The Balaban J connectivity index is 2.25.